The van der Waals surface area contributed by atoms with Crippen molar-refractivity contribution in [2.75, 3.05) is 0 Å². The third kappa shape index (κ3) is 4.84. The minimum atomic E-state index is 0.468. The van der Waals surface area contributed by atoms with Crippen molar-refractivity contribution in [1.82, 2.24) is 9.13 Å². The molecule has 0 saturated carbocycles. The number of fused-ring (bicyclic) bond motifs is 6. The number of aromatic nitrogens is 2. The minimum Gasteiger partial charge on any atom is -0.309 e. The SMILES string of the molecule is [B]c1c(-c2ccc3c(c2)c2ccccc2n3-c2ccc(-c3ccccc3)cc2)c([B])c2c3cccc(-c4ccccc4)c3n(-c3ccccc3)c2c1[B]. The summed E-state index contributed by atoms with van der Waals surface area (Å²) in [6.45, 7) is 0. The van der Waals surface area contributed by atoms with Crippen molar-refractivity contribution >= 4 is 83.5 Å². The highest BCUT2D eigenvalue weighted by Crippen LogP contribution is 2.39. The first kappa shape index (κ1) is 31.3. The molecule has 5 heteroatoms. The summed E-state index contributed by atoms with van der Waals surface area (Å²) in [5, 5.41) is 4.17. The molecule has 0 N–H and O–H groups in total. The smallest absolute Gasteiger partial charge is 0.115 e. The van der Waals surface area contributed by atoms with E-state index in [0.29, 0.717) is 16.4 Å². The van der Waals surface area contributed by atoms with Crippen LogP contribution in [0, 0.1) is 0 Å². The Balaban J connectivity index is 1.21. The Morgan fingerprint density at radius 2 is 0.906 bits per heavy atom. The lowest BCUT2D eigenvalue weighted by Crippen LogP contribution is -2.35. The fourth-order valence-electron chi connectivity index (χ4n) is 8.23. The fourth-order valence-corrected chi connectivity index (χ4v) is 8.23. The molecule has 0 aliphatic rings. The highest BCUT2D eigenvalue weighted by Gasteiger charge is 2.23. The number of rotatable bonds is 5. The second-order valence-electron chi connectivity index (χ2n) is 13.6. The van der Waals surface area contributed by atoms with Crippen LogP contribution in [0.15, 0.2) is 176 Å². The minimum absolute atomic E-state index is 0.468. The topological polar surface area (TPSA) is 9.86 Å². The van der Waals surface area contributed by atoms with Gasteiger partial charge in [0.15, 0.2) is 0 Å². The van der Waals surface area contributed by atoms with Crippen LogP contribution in [0.5, 0.6) is 0 Å². The number of para-hydroxylation sites is 3. The van der Waals surface area contributed by atoms with Gasteiger partial charge in [-0.15, -0.1) is 0 Å². The van der Waals surface area contributed by atoms with Gasteiger partial charge in [-0.1, -0.05) is 150 Å². The average molecular weight is 666 g/mol. The maximum atomic E-state index is 7.33. The number of hydrogen-bond donors (Lipinski definition) is 0. The van der Waals surface area contributed by atoms with Crippen LogP contribution in [0.2, 0.25) is 0 Å². The first-order valence-electron chi connectivity index (χ1n) is 17.8. The molecule has 0 atom stereocenters. The van der Waals surface area contributed by atoms with E-state index in [4.69, 9.17) is 23.5 Å². The first-order chi connectivity index (χ1) is 26.1. The summed E-state index contributed by atoms with van der Waals surface area (Å²) >= 11 is 0. The maximum Gasteiger partial charge on any atom is 0.115 e. The van der Waals surface area contributed by atoms with Crippen molar-refractivity contribution in [2.45, 2.75) is 0 Å². The van der Waals surface area contributed by atoms with Crippen molar-refractivity contribution in [2.24, 2.45) is 0 Å². The molecule has 53 heavy (non-hydrogen) atoms. The summed E-state index contributed by atoms with van der Waals surface area (Å²) in [6.07, 6.45) is 0. The molecule has 10 aromatic rings. The van der Waals surface area contributed by atoms with E-state index in [0.717, 1.165) is 77.2 Å². The van der Waals surface area contributed by atoms with Gasteiger partial charge in [-0.25, -0.2) is 0 Å². The molecular formula is C48H29B3N2. The van der Waals surface area contributed by atoms with Crippen LogP contribution in [-0.2, 0) is 0 Å². The third-order valence-electron chi connectivity index (χ3n) is 10.6. The predicted molar refractivity (Wildman–Crippen MR) is 228 cm³/mol. The van der Waals surface area contributed by atoms with E-state index in [1.165, 1.54) is 11.1 Å². The molecular weight excluding hydrogens is 637 g/mol. The third-order valence-corrected chi connectivity index (χ3v) is 10.6. The van der Waals surface area contributed by atoms with E-state index in [2.05, 4.69) is 155 Å². The Morgan fingerprint density at radius 3 is 1.64 bits per heavy atom. The Kier molecular flexibility index (Phi) is 7.30. The molecule has 2 heterocycles. The molecule has 0 aliphatic heterocycles. The molecule has 2 aromatic heterocycles. The van der Waals surface area contributed by atoms with Gasteiger partial charge in [-0.05, 0) is 70.3 Å². The highest BCUT2D eigenvalue weighted by molar-refractivity contribution is 6.60. The summed E-state index contributed by atoms with van der Waals surface area (Å²) in [6, 6.07) is 61.4. The Morgan fingerprint density at radius 1 is 0.340 bits per heavy atom. The van der Waals surface area contributed by atoms with Crippen LogP contribution in [0.1, 0.15) is 0 Å². The highest BCUT2D eigenvalue weighted by atomic mass is 15.0. The van der Waals surface area contributed by atoms with E-state index in [1.54, 1.807) is 0 Å². The monoisotopic (exact) mass is 666 g/mol. The van der Waals surface area contributed by atoms with Gasteiger partial charge in [-0.2, -0.15) is 0 Å². The van der Waals surface area contributed by atoms with Gasteiger partial charge < -0.3 is 9.13 Å². The molecule has 0 aliphatic carbocycles. The van der Waals surface area contributed by atoms with Crippen LogP contribution in [-0.4, -0.2) is 32.7 Å². The molecule has 240 valence electrons. The standard InChI is InChI=1S/C48H29B3N2/c49-44-42(33-25-28-41-39(29-33)37-19-10-11-22-40(37)52(41)35-26-23-31(24-27-35)30-13-4-1-5-14-30)45(50)46(51)48-43(44)38-21-12-20-36(32-15-6-2-7-16-32)47(38)53(48)34-17-8-3-9-18-34/h1-29H. The Bertz CT molecular complexity index is 3000. The van der Waals surface area contributed by atoms with Gasteiger partial charge in [0.2, 0.25) is 0 Å². The Hall–Kier alpha value is -6.45. The Labute approximate surface area is 312 Å². The van der Waals surface area contributed by atoms with Gasteiger partial charge in [0, 0.05) is 44.0 Å². The van der Waals surface area contributed by atoms with Crippen LogP contribution < -0.4 is 16.4 Å². The normalized spacial score (nSPS) is 11.6. The van der Waals surface area contributed by atoms with E-state index in [-0.39, 0.29) is 0 Å². The zero-order valence-electron chi connectivity index (χ0n) is 28.9. The lowest BCUT2D eigenvalue weighted by Gasteiger charge is -2.19. The first-order valence-corrected chi connectivity index (χ1v) is 17.8. The van der Waals surface area contributed by atoms with Crippen LogP contribution >= 0.6 is 0 Å². The predicted octanol–water partition coefficient (Wildman–Crippen LogP) is 9.26. The van der Waals surface area contributed by atoms with Gasteiger partial charge in [-0.3, -0.25) is 0 Å². The molecule has 0 bridgehead atoms. The van der Waals surface area contributed by atoms with Crippen molar-refractivity contribution in [3.8, 4) is 44.8 Å². The molecule has 2 nitrogen and oxygen atoms in total. The molecule has 0 saturated heterocycles. The summed E-state index contributed by atoms with van der Waals surface area (Å²) in [4.78, 5) is 0. The van der Waals surface area contributed by atoms with Crippen molar-refractivity contribution < 1.29 is 0 Å². The van der Waals surface area contributed by atoms with Gasteiger partial charge in [0.25, 0.3) is 0 Å². The average Bonchev–Trinajstić information content (AvgIpc) is 3.75. The molecule has 0 spiro atoms. The zero-order valence-corrected chi connectivity index (χ0v) is 28.9. The second kappa shape index (κ2) is 12.4. The lowest BCUT2D eigenvalue weighted by molar-refractivity contribution is 1.18. The maximum absolute atomic E-state index is 7.33. The van der Waals surface area contributed by atoms with Crippen molar-refractivity contribution in [1.29, 1.82) is 0 Å². The molecule has 10 rings (SSSR count). The van der Waals surface area contributed by atoms with Crippen molar-refractivity contribution in [3.05, 3.63) is 176 Å². The summed E-state index contributed by atoms with van der Waals surface area (Å²) < 4.78 is 4.55. The molecule has 0 amide bonds. The van der Waals surface area contributed by atoms with Gasteiger partial charge in [0.1, 0.15) is 23.5 Å². The zero-order chi connectivity index (χ0) is 35.6. The van der Waals surface area contributed by atoms with Crippen LogP contribution in [0.25, 0.3) is 88.4 Å². The summed E-state index contributed by atoms with van der Waals surface area (Å²) in [5.41, 5.74) is 14.0. The van der Waals surface area contributed by atoms with Crippen molar-refractivity contribution in [3.63, 3.8) is 0 Å². The molecule has 6 radical (unpaired) electrons. The van der Waals surface area contributed by atoms with E-state index in [1.807, 2.05) is 30.3 Å². The summed E-state index contributed by atoms with van der Waals surface area (Å²) in [5.74, 6) is 0. The largest absolute Gasteiger partial charge is 0.309 e. The van der Waals surface area contributed by atoms with Crippen LogP contribution in [0.4, 0.5) is 0 Å². The fraction of sp³-hybridized carbons (Fsp3) is 0. The van der Waals surface area contributed by atoms with E-state index >= 15 is 0 Å². The van der Waals surface area contributed by atoms with E-state index < -0.39 is 0 Å². The number of benzene rings is 8. The lowest BCUT2D eigenvalue weighted by atomic mass is 9.69. The summed E-state index contributed by atoms with van der Waals surface area (Å²) in [7, 11) is 21.6. The molecule has 0 fully saturated rings. The quantitative estimate of drug-likeness (QED) is 0.162. The molecule has 0 unspecified atom stereocenters. The van der Waals surface area contributed by atoms with Gasteiger partial charge in [0.05, 0.1) is 16.6 Å². The second-order valence-corrected chi connectivity index (χ2v) is 13.6. The van der Waals surface area contributed by atoms with E-state index in [9.17, 15) is 0 Å². The number of nitrogens with zero attached hydrogens (tertiary/aromatic N) is 2. The van der Waals surface area contributed by atoms with Gasteiger partial charge >= 0.3 is 0 Å². The van der Waals surface area contributed by atoms with Crippen LogP contribution in [0.3, 0.4) is 0 Å². The molecule has 8 aromatic carbocycles. The number of hydrogen-bond acceptors (Lipinski definition) is 0.